The number of fused-ring (bicyclic) bond motifs is 1. The van der Waals surface area contributed by atoms with E-state index in [0.29, 0.717) is 43.4 Å². The molecule has 0 saturated carbocycles. The molecule has 3 aromatic rings. The molecule has 9 nitrogen and oxygen atoms in total. The molecule has 11 heteroatoms. The fourth-order valence-corrected chi connectivity index (χ4v) is 4.74. The van der Waals surface area contributed by atoms with E-state index in [9.17, 15) is 18.5 Å². The Labute approximate surface area is 178 Å². The van der Waals surface area contributed by atoms with Gasteiger partial charge in [-0.25, -0.2) is 13.4 Å². The number of hydrogen-bond donors (Lipinski definition) is 0. The lowest BCUT2D eigenvalue weighted by molar-refractivity contribution is -0.387. The fourth-order valence-electron chi connectivity index (χ4n) is 3.72. The first-order valence-electron chi connectivity index (χ1n) is 9.30. The minimum Gasteiger partial charge on any atom is -0.363 e. The molecule has 1 aromatic carbocycles. The molecular weight excluding hydrogens is 430 g/mol. The van der Waals surface area contributed by atoms with Crippen molar-refractivity contribution in [1.82, 2.24) is 14.3 Å². The second-order valence-corrected chi connectivity index (χ2v) is 9.68. The SMILES string of the molecule is CS(=O)(=O)c1cccc(N2CCN(Cc3cn4cc(Cl)ccc4n3)CC2)c1[N+](=O)[O-]. The average Bonchev–Trinajstić information content (AvgIpc) is 3.08. The van der Waals surface area contributed by atoms with Gasteiger partial charge in [-0.3, -0.25) is 15.0 Å². The first-order chi connectivity index (χ1) is 14.2. The Hall–Kier alpha value is -2.69. The summed E-state index contributed by atoms with van der Waals surface area (Å²) in [6, 6.07) is 8.09. The van der Waals surface area contributed by atoms with Gasteiger partial charge in [0, 0.05) is 51.4 Å². The van der Waals surface area contributed by atoms with Crippen LogP contribution in [0.25, 0.3) is 5.65 Å². The molecular formula is C19H20ClN5O4S. The van der Waals surface area contributed by atoms with E-state index >= 15 is 0 Å². The zero-order valence-electron chi connectivity index (χ0n) is 16.2. The van der Waals surface area contributed by atoms with E-state index in [1.807, 2.05) is 21.6 Å². The Morgan fingerprint density at radius 3 is 2.53 bits per heavy atom. The van der Waals surface area contributed by atoms with Gasteiger partial charge in [0.05, 0.1) is 15.6 Å². The predicted molar refractivity (Wildman–Crippen MR) is 114 cm³/mol. The highest BCUT2D eigenvalue weighted by Gasteiger charge is 2.30. The smallest absolute Gasteiger partial charge is 0.311 e. The van der Waals surface area contributed by atoms with Crippen LogP contribution in [0.5, 0.6) is 0 Å². The van der Waals surface area contributed by atoms with Gasteiger partial charge in [0.1, 0.15) is 16.2 Å². The number of sulfone groups is 1. The Balaban J connectivity index is 1.50. The largest absolute Gasteiger partial charge is 0.363 e. The monoisotopic (exact) mass is 449 g/mol. The molecule has 2 aromatic heterocycles. The first kappa shape index (κ1) is 20.6. The highest BCUT2D eigenvalue weighted by atomic mass is 35.5. The molecule has 0 spiro atoms. The van der Waals surface area contributed by atoms with Gasteiger partial charge in [-0.15, -0.1) is 0 Å². The van der Waals surface area contributed by atoms with Gasteiger partial charge in [0.25, 0.3) is 0 Å². The maximum absolute atomic E-state index is 12.0. The Morgan fingerprint density at radius 1 is 1.13 bits per heavy atom. The molecule has 1 aliphatic rings. The van der Waals surface area contributed by atoms with E-state index in [0.717, 1.165) is 17.6 Å². The van der Waals surface area contributed by atoms with Crippen molar-refractivity contribution in [3.05, 3.63) is 63.6 Å². The van der Waals surface area contributed by atoms with E-state index in [-0.39, 0.29) is 10.6 Å². The Bertz CT molecular complexity index is 1220. The molecule has 1 saturated heterocycles. The van der Waals surface area contributed by atoms with Crippen molar-refractivity contribution >= 4 is 38.5 Å². The number of piperazine rings is 1. The number of hydrogen-bond acceptors (Lipinski definition) is 7. The summed E-state index contributed by atoms with van der Waals surface area (Å²) < 4.78 is 25.9. The second kappa shape index (κ2) is 7.86. The zero-order valence-corrected chi connectivity index (χ0v) is 17.8. The van der Waals surface area contributed by atoms with E-state index in [2.05, 4.69) is 9.88 Å². The number of halogens is 1. The van der Waals surface area contributed by atoms with Crippen molar-refractivity contribution in [2.24, 2.45) is 0 Å². The minimum atomic E-state index is -3.71. The molecule has 0 aliphatic carbocycles. The van der Waals surface area contributed by atoms with Crippen LogP contribution < -0.4 is 4.90 Å². The van der Waals surface area contributed by atoms with E-state index in [1.165, 1.54) is 6.07 Å². The van der Waals surface area contributed by atoms with Gasteiger partial charge in [-0.1, -0.05) is 17.7 Å². The van der Waals surface area contributed by atoms with Crippen LogP contribution in [0.1, 0.15) is 5.69 Å². The lowest BCUT2D eigenvalue weighted by atomic mass is 10.2. The molecule has 158 valence electrons. The highest BCUT2D eigenvalue weighted by Crippen LogP contribution is 2.35. The molecule has 0 atom stereocenters. The normalized spacial score (nSPS) is 15.6. The van der Waals surface area contributed by atoms with E-state index < -0.39 is 14.8 Å². The number of imidazole rings is 1. The van der Waals surface area contributed by atoms with Gasteiger partial charge in [-0.05, 0) is 24.3 Å². The van der Waals surface area contributed by atoms with Crippen LogP contribution in [0.15, 0.2) is 47.6 Å². The summed E-state index contributed by atoms with van der Waals surface area (Å²) in [7, 11) is -3.71. The number of rotatable bonds is 5. The quantitative estimate of drug-likeness (QED) is 0.436. The molecule has 0 N–H and O–H groups in total. The Kier molecular flexibility index (Phi) is 5.39. The van der Waals surface area contributed by atoms with Gasteiger partial charge in [0.2, 0.25) is 0 Å². The lowest BCUT2D eigenvalue weighted by Crippen LogP contribution is -2.46. The maximum atomic E-state index is 12.0. The third-order valence-corrected chi connectivity index (χ3v) is 6.48. The third-order valence-electron chi connectivity index (χ3n) is 5.12. The standard InChI is InChI=1S/C19H20ClN5O4S/c1-30(28,29)17-4-2-3-16(19(17)25(26)27)23-9-7-22(8-10-23)12-15-13-24-11-14(20)5-6-18(24)21-15/h2-6,11,13H,7-10,12H2,1H3. The molecule has 0 unspecified atom stereocenters. The van der Waals surface area contributed by atoms with Gasteiger partial charge < -0.3 is 9.30 Å². The summed E-state index contributed by atoms with van der Waals surface area (Å²) in [4.78, 5) is 19.4. The number of benzene rings is 1. The number of nitro benzene ring substituents is 1. The van der Waals surface area contributed by atoms with Crippen LogP contribution in [-0.4, -0.2) is 60.1 Å². The van der Waals surface area contributed by atoms with Crippen molar-refractivity contribution < 1.29 is 13.3 Å². The van der Waals surface area contributed by atoms with Crippen LogP contribution in [0.3, 0.4) is 0 Å². The summed E-state index contributed by atoms with van der Waals surface area (Å²) in [5.74, 6) is 0. The summed E-state index contributed by atoms with van der Waals surface area (Å²) in [5, 5.41) is 12.3. The van der Waals surface area contributed by atoms with Crippen LogP contribution in [0, 0.1) is 10.1 Å². The van der Waals surface area contributed by atoms with Crippen molar-refractivity contribution in [2.75, 3.05) is 37.3 Å². The molecule has 0 amide bonds. The zero-order chi connectivity index (χ0) is 21.5. The molecule has 0 bridgehead atoms. The third kappa shape index (κ3) is 4.11. The minimum absolute atomic E-state index is 0.254. The average molecular weight is 450 g/mol. The van der Waals surface area contributed by atoms with E-state index in [4.69, 9.17) is 11.6 Å². The van der Waals surface area contributed by atoms with Crippen molar-refractivity contribution in [3.8, 4) is 0 Å². The van der Waals surface area contributed by atoms with Crippen LogP contribution in [-0.2, 0) is 16.4 Å². The fraction of sp³-hybridized carbons (Fsp3) is 0.316. The maximum Gasteiger partial charge on any atom is 0.311 e. The van der Waals surface area contributed by atoms with Crippen molar-refractivity contribution in [3.63, 3.8) is 0 Å². The molecule has 30 heavy (non-hydrogen) atoms. The molecule has 4 rings (SSSR count). The van der Waals surface area contributed by atoms with Gasteiger partial charge in [0.15, 0.2) is 9.84 Å². The summed E-state index contributed by atoms with van der Waals surface area (Å²) >= 11 is 6.02. The van der Waals surface area contributed by atoms with Crippen LogP contribution in [0.4, 0.5) is 11.4 Å². The first-order valence-corrected chi connectivity index (χ1v) is 11.6. The number of anilines is 1. The van der Waals surface area contributed by atoms with E-state index in [1.54, 1.807) is 24.4 Å². The lowest BCUT2D eigenvalue weighted by Gasteiger charge is -2.35. The number of nitrogens with zero attached hydrogens (tertiary/aromatic N) is 5. The van der Waals surface area contributed by atoms with Crippen LogP contribution in [0.2, 0.25) is 5.02 Å². The number of para-hydroxylation sites is 1. The van der Waals surface area contributed by atoms with Crippen molar-refractivity contribution in [2.45, 2.75) is 11.4 Å². The molecule has 1 aliphatic heterocycles. The number of aromatic nitrogens is 2. The molecule has 1 fully saturated rings. The number of pyridine rings is 1. The summed E-state index contributed by atoms with van der Waals surface area (Å²) in [6.45, 7) is 3.10. The summed E-state index contributed by atoms with van der Waals surface area (Å²) in [5.41, 5.74) is 1.72. The predicted octanol–water partition coefficient (Wildman–Crippen LogP) is 2.62. The van der Waals surface area contributed by atoms with Crippen molar-refractivity contribution in [1.29, 1.82) is 0 Å². The highest BCUT2D eigenvalue weighted by molar-refractivity contribution is 7.90. The second-order valence-electron chi connectivity index (χ2n) is 7.26. The Morgan fingerprint density at radius 2 is 1.87 bits per heavy atom. The number of nitro groups is 1. The summed E-state index contributed by atoms with van der Waals surface area (Å²) in [6.07, 6.45) is 4.73. The van der Waals surface area contributed by atoms with Crippen LogP contribution >= 0.6 is 11.6 Å². The van der Waals surface area contributed by atoms with Gasteiger partial charge in [-0.2, -0.15) is 0 Å². The molecule has 3 heterocycles. The topological polar surface area (TPSA) is 101 Å². The molecule has 0 radical (unpaired) electrons. The van der Waals surface area contributed by atoms with Gasteiger partial charge >= 0.3 is 5.69 Å².